The van der Waals surface area contributed by atoms with E-state index in [1.165, 1.54) is 11.1 Å². The van der Waals surface area contributed by atoms with Gasteiger partial charge in [-0.05, 0) is 59.7 Å². The Balaban J connectivity index is 1.61. The maximum Gasteiger partial charge on any atom is 0.209 e. The van der Waals surface area contributed by atoms with E-state index in [1.54, 1.807) is 23.5 Å². The van der Waals surface area contributed by atoms with Crippen molar-refractivity contribution in [2.75, 3.05) is 0 Å². The predicted molar refractivity (Wildman–Crippen MR) is 102 cm³/mol. The topological polar surface area (TPSA) is 87.2 Å². The molecule has 0 amide bonds. The van der Waals surface area contributed by atoms with Crippen LogP contribution in [-0.2, 0) is 11.5 Å². The predicted octanol–water partition coefficient (Wildman–Crippen LogP) is 3.41. The van der Waals surface area contributed by atoms with Gasteiger partial charge < -0.3 is 0 Å². The molecule has 0 atom stereocenters. The van der Waals surface area contributed by atoms with Crippen molar-refractivity contribution in [1.29, 1.82) is 0 Å². The van der Waals surface area contributed by atoms with E-state index in [9.17, 15) is 0 Å². The first-order valence-corrected chi connectivity index (χ1v) is 10.4. The Kier molecular flexibility index (Phi) is 6.25. The molecule has 0 aliphatic carbocycles. The van der Waals surface area contributed by atoms with E-state index in [0.29, 0.717) is 0 Å². The highest BCUT2D eigenvalue weighted by atomic mass is 32.2. The van der Waals surface area contributed by atoms with E-state index in [1.807, 2.05) is 9.36 Å². The summed E-state index contributed by atoms with van der Waals surface area (Å²) in [5, 5.41) is 25.5. The van der Waals surface area contributed by atoms with Gasteiger partial charge in [-0.1, -0.05) is 47.8 Å². The van der Waals surface area contributed by atoms with Crippen LogP contribution in [0.5, 0.6) is 0 Å². The molecule has 8 nitrogen and oxygen atoms in total. The largest absolute Gasteiger partial charge is 0.218 e. The van der Waals surface area contributed by atoms with Crippen LogP contribution in [0.3, 0.4) is 0 Å². The van der Waals surface area contributed by atoms with Crippen molar-refractivity contribution in [1.82, 2.24) is 40.4 Å². The zero-order chi connectivity index (χ0) is 18.5. The van der Waals surface area contributed by atoms with Gasteiger partial charge in [0, 0.05) is 11.5 Å². The summed E-state index contributed by atoms with van der Waals surface area (Å²) in [6, 6.07) is 9.06. The van der Waals surface area contributed by atoms with Gasteiger partial charge in [0.2, 0.25) is 10.3 Å². The lowest BCUT2D eigenvalue weighted by Crippen LogP contribution is -2.05. The number of tetrazole rings is 2. The number of benzene rings is 1. The quantitative estimate of drug-likeness (QED) is 0.541. The molecule has 0 bridgehead atoms. The third-order valence-electron chi connectivity index (χ3n) is 3.63. The molecule has 26 heavy (non-hydrogen) atoms. The van der Waals surface area contributed by atoms with Crippen molar-refractivity contribution >= 4 is 23.5 Å². The minimum Gasteiger partial charge on any atom is -0.218 e. The van der Waals surface area contributed by atoms with Crippen LogP contribution in [0.2, 0.25) is 0 Å². The van der Waals surface area contributed by atoms with E-state index in [4.69, 9.17) is 0 Å². The molecule has 3 rings (SSSR count). The Labute approximate surface area is 161 Å². The molecule has 0 aliphatic heterocycles. The highest BCUT2D eigenvalue weighted by molar-refractivity contribution is 7.98. The summed E-state index contributed by atoms with van der Waals surface area (Å²) in [6.07, 6.45) is 0. The Morgan fingerprint density at radius 2 is 1.27 bits per heavy atom. The van der Waals surface area contributed by atoms with Crippen LogP contribution in [0, 0.1) is 0 Å². The summed E-state index contributed by atoms with van der Waals surface area (Å²) in [7, 11) is 0. The van der Waals surface area contributed by atoms with Gasteiger partial charge in [-0.2, -0.15) is 0 Å². The first kappa shape index (κ1) is 18.8. The van der Waals surface area contributed by atoms with Gasteiger partial charge in [0.1, 0.15) is 0 Å². The number of aromatic nitrogens is 8. The van der Waals surface area contributed by atoms with Gasteiger partial charge in [0.05, 0.1) is 12.1 Å². The van der Waals surface area contributed by atoms with Crippen LogP contribution in [0.1, 0.15) is 50.9 Å². The van der Waals surface area contributed by atoms with Crippen molar-refractivity contribution in [3.63, 3.8) is 0 Å². The van der Waals surface area contributed by atoms with Crippen molar-refractivity contribution in [3.05, 3.63) is 35.4 Å². The molecule has 0 fully saturated rings. The average molecular weight is 391 g/mol. The van der Waals surface area contributed by atoms with Gasteiger partial charge >= 0.3 is 0 Å². The van der Waals surface area contributed by atoms with Gasteiger partial charge in [0.25, 0.3) is 0 Å². The van der Waals surface area contributed by atoms with E-state index in [-0.39, 0.29) is 12.1 Å². The molecular formula is C16H22N8S2. The molecule has 138 valence electrons. The van der Waals surface area contributed by atoms with E-state index < -0.39 is 0 Å². The maximum absolute atomic E-state index is 4.11. The molecule has 0 radical (unpaired) electrons. The fourth-order valence-corrected chi connectivity index (χ4v) is 4.21. The molecule has 2 aromatic heterocycles. The first-order valence-electron chi connectivity index (χ1n) is 8.43. The second-order valence-electron chi connectivity index (χ2n) is 6.40. The van der Waals surface area contributed by atoms with Crippen molar-refractivity contribution in [2.24, 2.45) is 0 Å². The molecule has 0 saturated heterocycles. The lowest BCUT2D eigenvalue weighted by atomic mass is 10.2. The van der Waals surface area contributed by atoms with Crippen LogP contribution in [0.15, 0.2) is 34.6 Å². The van der Waals surface area contributed by atoms with Crippen LogP contribution in [0.25, 0.3) is 0 Å². The molecule has 2 heterocycles. The number of rotatable bonds is 8. The zero-order valence-electron chi connectivity index (χ0n) is 15.3. The number of hydrogen-bond acceptors (Lipinski definition) is 8. The van der Waals surface area contributed by atoms with Crippen molar-refractivity contribution < 1.29 is 0 Å². The summed E-state index contributed by atoms with van der Waals surface area (Å²) in [5.74, 6) is 1.66. The van der Waals surface area contributed by atoms with E-state index >= 15 is 0 Å². The number of thioether (sulfide) groups is 2. The molecule has 0 unspecified atom stereocenters. The minimum absolute atomic E-state index is 0.252. The molecule has 0 spiro atoms. The Morgan fingerprint density at radius 1 is 0.808 bits per heavy atom. The van der Waals surface area contributed by atoms with Crippen molar-refractivity contribution in [3.8, 4) is 0 Å². The summed E-state index contributed by atoms with van der Waals surface area (Å²) < 4.78 is 3.69. The van der Waals surface area contributed by atoms with Crippen LogP contribution >= 0.6 is 23.5 Å². The Bertz CT molecular complexity index is 777. The summed E-state index contributed by atoms with van der Waals surface area (Å²) in [4.78, 5) is 0. The zero-order valence-corrected chi connectivity index (χ0v) is 16.9. The fourth-order valence-electron chi connectivity index (χ4n) is 2.31. The normalized spacial score (nSPS) is 11.6. The smallest absolute Gasteiger partial charge is 0.209 e. The van der Waals surface area contributed by atoms with Gasteiger partial charge in [0.15, 0.2) is 0 Å². The van der Waals surface area contributed by atoms with Crippen LogP contribution < -0.4 is 0 Å². The molecule has 0 N–H and O–H groups in total. The fraction of sp³-hybridized carbons (Fsp3) is 0.500. The van der Waals surface area contributed by atoms with Crippen LogP contribution in [0.4, 0.5) is 0 Å². The number of nitrogens with zero attached hydrogens (tertiary/aromatic N) is 8. The second-order valence-corrected chi connectivity index (χ2v) is 8.28. The molecule has 0 aliphatic rings. The Hall–Kier alpha value is -1.94. The highest BCUT2D eigenvalue weighted by Gasteiger charge is 2.11. The molecule has 0 saturated carbocycles. The molecule has 3 aromatic rings. The summed E-state index contributed by atoms with van der Waals surface area (Å²) in [6.45, 7) is 8.29. The summed E-state index contributed by atoms with van der Waals surface area (Å²) in [5.41, 5.74) is 2.49. The monoisotopic (exact) mass is 390 g/mol. The van der Waals surface area contributed by atoms with Crippen molar-refractivity contribution in [2.45, 2.75) is 61.6 Å². The standard InChI is InChI=1S/C16H22N8S2/c1-11(2)23-15(17-19-21-23)25-9-13-6-5-7-14(8-13)10-26-16-18-20-22-24(16)12(3)4/h5-8,11-12H,9-10H2,1-4H3. The molecule has 10 heteroatoms. The maximum atomic E-state index is 4.11. The Morgan fingerprint density at radius 3 is 1.69 bits per heavy atom. The minimum atomic E-state index is 0.252. The highest BCUT2D eigenvalue weighted by Crippen LogP contribution is 2.25. The van der Waals surface area contributed by atoms with Gasteiger partial charge in [-0.15, -0.1) is 10.2 Å². The lowest BCUT2D eigenvalue weighted by Gasteiger charge is -2.09. The van der Waals surface area contributed by atoms with E-state index in [2.05, 4.69) is 83.0 Å². The molecule has 1 aromatic carbocycles. The second kappa shape index (κ2) is 8.63. The first-order chi connectivity index (χ1) is 12.5. The van der Waals surface area contributed by atoms with Gasteiger partial charge in [-0.25, -0.2) is 9.36 Å². The average Bonchev–Trinajstić information content (AvgIpc) is 3.27. The SMILES string of the molecule is CC(C)n1nnnc1SCc1cccc(CSc2nnnn2C(C)C)c1. The summed E-state index contributed by atoms with van der Waals surface area (Å²) >= 11 is 3.30. The lowest BCUT2D eigenvalue weighted by molar-refractivity contribution is 0.477. The third kappa shape index (κ3) is 4.61. The van der Waals surface area contributed by atoms with Crippen LogP contribution in [-0.4, -0.2) is 40.4 Å². The number of hydrogen-bond donors (Lipinski definition) is 0. The molecular weight excluding hydrogens is 368 g/mol. The third-order valence-corrected chi connectivity index (χ3v) is 5.64. The van der Waals surface area contributed by atoms with E-state index in [0.717, 1.165) is 21.8 Å². The van der Waals surface area contributed by atoms with Gasteiger partial charge in [-0.3, -0.25) is 0 Å².